The van der Waals surface area contributed by atoms with Crippen LogP contribution >= 0.6 is 0 Å². The van der Waals surface area contributed by atoms with Crippen molar-refractivity contribution in [1.29, 1.82) is 0 Å². The molecule has 0 saturated heterocycles. The summed E-state index contributed by atoms with van der Waals surface area (Å²) < 4.78 is 26.5. The van der Waals surface area contributed by atoms with Crippen LogP contribution in [0.4, 0.5) is 5.69 Å². The number of rotatable bonds is 5. The van der Waals surface area contributed by atoms with Gasteiger partial charge in [-0.05, 0) is 23.8 Å². The molecule has 1 aromatic heterocycles. The fourth-order valence-corrected chi connectivity index (χ4v) is 4.04. The largest absolute Gasteiger partial charge is 0.481 e. The Morgan fingerprint density at radius 3 is 2.40 bits per heavy atom. The maximum Gasteiger partial charge on any atom is 0.307 e. The lowest BCUT2D eigenvalue weighted by molar-refractivity contribution is -0.383. The van der Waals surface area contributed by atoms with Gasteiger partial charge < -0.3 is 5.11 Å². The molecule has 0 amide bonds. The quantitative estimate of drug-likeness (QED) is 0.551. The minimum atomic E-state index is -4.06. The topological polar surface area (TPSA) is 120 Å². The van der Waals surface area contributed by atoms with Gasteiger partial charge in [-0.25, -0.2) is 12.4 Å². The van der Waals surface area contributed by atoms with Gasteiger partial charge in [0.15, 0.2) is 0 Å². The van der Waals surface area contributed by atoms with E-state index in [0.29, 0.717) is 0 Å². The lowest BCUT2D eigenvalue weighted by atomic mass is 10.1. The summed E-state index contributed by atoms with van der Waals surface area (Å²) in [5.74, 6) is -1.17. The van der Waals surface area contributed by atoms with Gasteiger partial charge in [-0.3, -0.25) is 14.9 Å². The SMILES string of the molecule is O=C(O)Cc1cccc2c1c([N+](=O)[O-])cn2S(=O)(=O)c1ccccc1. The van der Waals surface area contributed by atoms with E-state index in [2.05, 4.69) is 0 Å². The molecule has 0 aliphatic rings. The molecule has 3 rings (SSSR count). The Bertz CT molecular complexity index is 1090. The highest BCUT2D eigenvalue weighted by Gasteiger charge is 2.27. The first-order chi connectivity index (χ1) is 11.8. The second-order valence-electron chi connectivity index (χ2n) is 5.27. The van der Waals surface area contributed by atoms with Crippen LogP contribution in [-0.2, 0) is 21.2 Å². The van der Waals surface area contributed by atoms with Gasteiger partial charge in [0.2, 0.25) is 0 Å². The van der Waals surface area contributed by atoms with E-state index in [4.69, 9.17) is 5.11 Å². The Morgan fingerprint density at radius 2 is 1.80 bits per heavy atom. The van der Waals surface area contributed by atoms with Gasteiger partial charge >= 0.3 is 5.97 Å². The molecule has 9 heteroatoms. The molecule has 0 fully saturated rings. The number of carbonyl (C=O) groups is 1. The number of carboxylic acids is 1. The van der Waals surface area contributed by atoms with Crippen LogP contribution in [0.1, 0.15) is 5.56 Å². The number of nitrogens with zero attached hydrogens (tertiary/aromatic N) is 2. The molecule has 0 aliphatic carbocycles. The summed E-state index contributed by atoms with van der Waals surface area (Å²) in [5, 5.41) is 20.4. The van der Waals surface area contributed by atoms with E-state index in [1.54, 1.807) is 18.2 Å². The number of aliphatic carboxylic acids is 1. The lowest BCUT2D eigenvalue weighted by Gasteiger charge is -2.07. The zero-order valence-corrected chi connectivity index (χ0v) is 13.5. The molecule has 0 aliphatic heterocycles. The minimum Gasteiger partial charge on any atom is -0.481 e. The van der Waals surface area contributed by atoms with Gasteiger partial charge in [-0.1, -0.05) is 30.3 Å². The Morgan fingerprint density at radius 1 is 1.12 bits per heavy atom. The molecule has 1 heterocycles. The van der Waals surface area contributed by atoms with E-state index in [1.165, 1.54) is 30.3 Å². The van der Waals surface area contributed by atoms with Crippen molar-refractivity contribution in [2.75, 3.05) is 0 Å². The number of aromatic nitrogens is 1. The third kappa shape index (κ3) is 2.85. The molecule has 1 N–H and O–H groups in total. The molecule has 0 radical (unpaired) electrons. The smallest absolute Gasteiger partial charge is 0.307 e. The first-order valence-electron chi connectivity index (χ1n) is 7.12. The van der Waals surface area contributed by atoms with E-state index in [0.717, 1.165) is 10.2 Å². The van der Waals surface area contributed by atoms with Crippen molar-refractivity contribution in [3.05, 3.63) is 70.4 Å². The standard InChI is InChI=1S/C16H12N2O6S/c19-15(20)9-11-5-4-8-13-16(11)14(18(21)22)10-17(13)25(23,24)12-6-2-1-3-7-12/h1-8,10H,9H2,(H,19,20). The normalized spacial score (nSPS) is 11.5. The predicted molar refractivity (Wildman–Crippen MR) is 89.0 cm³/mol. The third-order valence-corrected chi connectivity index (χ3v) is 5.39. The monoisotopic (exact) mass is 360 g/mol. The van der Waals surface area contributed by atoms with Crippen LogP contribution in [-0.4, -0.2) is 28.4 Å². The maximum absolute atomic E-state index is 12.8. The second kappa shape index (κ2) is 6.02. The Hall–Kier alpha value is -3.20. The number of nitro groups is 1. The molecule has 128 valence electrons. The van der Waals surface area contributed by atoms with Crippen molar-refractivity contribution in [2.24, 2.45) is 0 Å². The molecular weight excluding hydrogens is 348 g/mol. The number of hydrogen-bond donors (Lipinski definition) is 1. The van der Waals surface area contributed by atoms with Crippen molar-refractivity contribution in [2.45, 2.75) is 11.3 Å². The van der Waals surface area contributed by atoms with E-state index in [9.17, 15) is 23.3 Å². The summed E-state index contributed by atoms with van der Waals surface area (Å²) in [7, 11) is -4.06. The van der Waals surface area contributed by atoms with E-state index in [-0.39, 0.29) is 21.4 Å². The Balaban J connectivity index is 2.35. The molecule has 3 aromatic rings. The van der Waals surface area contributed by atoms with Gasteiger partial charge in [-0.15, -0.1) is 0 Å². The van der Waals surface area contributed by atoms with Crippen LogP contribution in [0.5, 0.6) is 0 Å². The van der Waals surface area contributed by atoms with Crippen molar-refractivity contribution >= 4 is 32.6 Å². The van der Waals surface area contributed by atoms with Crippen LogP contribution in [0.25, 0.3) is 10.9 Å². The van der Waals surface area contributed by atoms with Gasteiger partial charge in [0.1, 0.15) is 0 Å². The van der Waals surface area contributed by atoms with Gasteiger partial charge in [-0.2, -0.15) is 0 Å². The summed E-state index contributed by atoms with van der Waals surface area (Å²) in [6.07, 6.45) is 0.464. The van der Waals surface area contributed by atoms with Crippen LogP contribution < -0.4 is 0 Å². The fraction of sp³-hybridized carbons (Fsp3) is 0.0625. The highest BCUT2D eigenvalue weighted by atomic mass is 32.2. The number of carboxylic acid groups (broad SMARTS) is 1. The molecule has 0 spiro atoms. The summed E-state index contributed by atoms with van der Waals surface area (Å²) in [6.45, 7) is 0. The number of hydrogen-bond acceptors (Lipinski definition) is 5. The molecule has 0 saturated carbocycles. The van der Waals surface area contributed by atoms with E-state index < -0.39 is 33.0 Å². The molecular formula is C16H12N2O6S. The zero-order valence-electron chi connectivity index (χ0n) is 12.7. The summed E-state index contributed by atoms with van der Waals surface area (Å²) in [6, 6.07) is 11.8. The third-order valence-electron chi connectivity index (χ3n) is 3.70. The average Bonchev–Trinajstić information content (AvgIpc) is 2.97. The van der Waals surface area contributed by atoms with Crippen molar-refractivity contribution in [3.63, 3.8) is 0 Å². The maximum atomic E-state index is 12.8. The van der Waals surface area contributed by atoms with Crippen molar-refractivity contribution in [3.8, 4) is 0 Å². The van der Waals surface area contributed by atoms with Crippen LogP contribution in [0.2, 0.25) is 0 Å². The first kappa shape index (κ1) is 16.7. The number of fused-ring (bicyclic) bond motifs is 1. The summed E-state index contributed by atoms with van der Waals surface area (Å²) in [5.41, 5.74) is -0.209. The van der Waals surface area contributed by atoms with Crippen LogP contribution in [0.3, 0.4) is 0 Å². The molecule has 8 nitrogen and oxygen atoms in total. The fourth-order valence-electron chi connectivity index (χ4n) is 2.66. The van der Waals surface area contributed by atoms with E-state index in [1.807, 2.05) is 0 Å². The molecule has 0 unspecified atom stereocenters. The van der Waals surface area contributed by atoms with Crippen LogP contribution in [0.15, 0.2) is 59.6 Å². The minimum absolute atomic E-state index is 0.00871. The highest BCUT2D eigenvalue weighted by molar-refractivity contribution is 7.90. The molecule has 0 atom stereocenters. The van der Waals surface area contributed by atoms with Gasteiger partial charge in [0, 0.05) is 0 Å². The van der Waals surface area contributed by atoms with E-state index >= 15 is 0 Å². The zero-order chi connectivity index (χ0) is 18.2. The predicted octanol–water partition coefficient (Wildman–Crippen LogP) is 2.41. The summed E-state index contributed by atoms with van der Waals surface area (Å²) >= 11 is 0. The number of benzene rings is 2. The van der Waals surface area contributed by atoms with Crippen molar-refractivity contribution in [1.82, 2.24) is 3.97 Å². The molecule has 0 bridgehead atoms. The average molecular weight is 360 g/mol. The lowest BCUT2D eigenvalue weighted by Crippen LogP contribution is -2.11. The Kier molecular flexibility index (Phi) is 4.01. The summed E-state index contributed by atoms with van der Waals surface area (Å²) in [4.78, 5) is 21.7. The second-order valence-corrected chi connectivity index (χ2v) is 7.08. The highest BCUT2D eigenvalue weighted by Crippen LogP contribution is 2.33. The van der Waals surface area contributed by atoms with Gasteiger partial charge in [0.05, 0.1) is 33.3 Å². The van der Waals surface area contributed by atoms with Crippen molar-refractivity contribution < 1.29 is 23.2 Å². The molecule has 25 heavy (non-hydrogen) atoms. The first-order valence-corrected chi connectivity index (χ1v) is 8.56. The molecule has 2 aromatic carbocycles. The van der Waals surface area contributed by atoms with Crippen LogP contribution in [0, 0.1) is 10.1 Å². The van der Waals surface area contributed by atoms with Gasteiger partial charge in [0.25, 0.3) is 15.7 Å². The Labute approximate surface area is 142 Å².